The van der Waals surface area contributed by atoms with E-state index in [1.807, 2.05) is 6.66 Å². The van der Waals surface area contributed by atoms with Crippen LogP contribution < -0.4 is 24.8 Å². The maximum Gasteiger partial charge on any atom is -1.00 e. The number of hydrogen-bond acceptors (Lipinski definition) is 0. The zero-order valence-electron chi connectivity index (χ0n) is 15.1. The average Bonchev–Trinajstić information content (AvgIpc) is 2.72. The van der Waals surface area contributed by atoms with E-state index >= 15 is 0 Å². The van der Waals surface area contributed by atoms with Crippen molar-refractivity contribution in [2.45, 2.75) is 54.6 Å². The van der Waals surface area contributed by atoms with Crippen LogP contribution in [0.2, 0.25) is 13.1 Å². The number of hydrogen-bond donors (Lipinski definition) is 0. The Bertz CT molecular complexity index is 569. The van der Waals surface area contributed by atoms with E-state index in [0.29, 0.717) is 11.8 Å². The van der Waals surface area contributed by atoms with Crippen LogP contribution in [0.5, 0.6) is 0 Å². The van der Waals surface area contributed by atoms with Crippen LogP contribution >= 0.6 is 0 Å². The summed E-state index contributed by atoms with van der Waals surface area (Å²) in [7, 11) is 0. The minimum absolute atomic E-state index is 0. The number of rotatable bonds is 2. The first-order valence-electron chi connectivity index (χ1n) is 7.73. The molecule has 0 spiro atoms. The first kappa shape index (κ1) is 22.6. The minimum atomic E-state index is -1.85. The van der Waals surface area contributed by atoms with E-state index < -0.39 is 20.1 Å². The monoisotopic (exact) mass is 522 g/mol. The fourth-order valence-corrected chi connectivity index (χ4v) is 32.3. The van der Waals surface area contributed by atoms with Gasteiger partial charge in [0.15, 0.2) is 0 Å². The summed E-state index contributed by atoms with van der Waals surface area (Å²) in [5.74, 6) is 1.43. The molecule has 2 atom stereocenters. The van der Waals surface area contributed by atoms with Crippen molar-refractivity contribution in [3.8, 4) is 0 Å². The summed E-state index contributed by atoms with van der Waals surface area (Å²) in [6, 6.07) is 0. The predicted octanol–water partition coefficient (Wildman–Crippen LogP) is -0.396. The van der Waals surface area contributed by atoms with Crippen molar-refractivity contribution in [1.29, 1.82) is 0 Å². The third-order valence-corrected chi connectivity index (χ3v) is 31.0. The second-order valence-electron chi connectivity index (χ2n) is 6.73. The van der Waals surface area contributed by atoms with Gasteiger partial charge < -0.3 is 24.8 Å². The molecule has 0 fully saturated rings. The molecule has 2 aliphatic carbocycles. The Balaban J connectivity index is 0.00000220. The second-order valence-corrected chi connectivity index (χ2v) is 30.2. The molecule has 0 aromatic carbocycles. The van der Waals surface area contributed by atoms with Crippen LogP contribution in [0.15, 0.2) is 41.1 Å². The summed E-state index contributed by atoms with van der Waals surface area (Å²) >= 11 is -1.85. The normalized spacial score (nSPS) is 23.4. The summed E-state index contributed by atoms with van der Waals surface area (Å²) in [5.41, 5.74) is 6.22. The molecule has 2 aliphatic rings. The van der Waals surface area contributed by atoms with Crippen molar-refractivity contribution in [3.05, 3.63) is 41.1 Å². The predicted molar refractivity (Wildman–Crippen MR) is 88.7 cm³/mol. The largest absolute Gasteiger partial charge is 1.00 e. The number of halogens is 2. The topological polar surface area (TPSA) is 0 Å². The molecule has 22 heavy (non-hydrogen) atoms. The summed E-state index contributed by atoms with van der Waals surface area (Å²) in [5, 5.41) is 0. The fourth-order valence-electron chi connectivity index (χ4n) is 3.79. The molecule has 0 amide bonds. The van der Waals surface area contributed by atoms with E-state index in [4.69, 9.17) is 0 Å². The van der Waals surface area contributed by atoms with Gasteiger partial charge in [-0.25, -0.2) is 0 Å². The molecule has 0 saturated carbocycles. The molecule has 0 bridgehead atoms. The van der Waals surface area contributed by atoms with E-state index in [0.717, 1.165) is 0 Å². The van der Waals surface area contributed by atoms with Crippen molar-refractivity contribution >= 4 is 5.49 Å². The van der Waals surface area contributed by atoms with Crippen LogP contribution in [0.3, 0.4) is 0 Å². The third kappa shape index (κ3) is 3.99. The quantitative estimate of drug-likeness (QED) is 0.434. The SMILES string of the molecule is CC1=CC(C)[C]([Hf+2]([C]2=C(C)C(C)=CC2C)=[Si](C)C)=C1C.[Cl-].[Cl-]. The van der Waals surface area contributed by atoms with Gasteiger partial charge in [-0.05, 0) is 0 Å². The van der Waals surface area contributed by atoms with E-state index in [-0.39, 0.29) is 30.3 Å². The van der Waals surface area contributed by atoms with Gasteiger partial charge in [0.1, 0.15) is 0 Å². The molecule has 4 heteroatoms. The average molecular weight is 522 g/mol. The fraction of sp³-hybridized carbons (Fsp3) is 0.556. The Kier molecular flexibility index (Phi) is 8.89. The Morgan fingerprint density at radius 3 is 1.27 bits per heavy atom. The van der Waals surface area contributed by atoms with E-state index in [1.54, 1.807) is 22.3 Å². The molecule has 122 valence electrons. The summed E-state index contributed by atoms with van der Waals surface area (Å²) in [6.07, 6.45) is 5.02. The van der Waals surface area contributed by atoms with Crippen LogP contribution in [0.25, 0.3) is 0 Å². The third-order valence-electron chi connectivity index (χ3n) is 4.94. The van der Waals surface area contributed by atoms with E-state index in [1.165, 1.54) is 0 Å². The van der Waals surface area contributed by atoms with Gasteiger partial charge in [0.05, 0.1) is 0 Å². The first-order chi connectivity index (χ1) is 9.25. The molecule has 0 aromatic heterocycles. The molecule has 2 rings (SSSR count). The van der Waals surface area contributed by atoms with Gasteiger partial charge in [0.25, 0.3) is 0 Å². The van der Waals surface area contributed by atoms with Crippen LogP contribution in [-0.2, 0) is 20.1 Å². The Morgan fingerprint density at radius 1 is 0.773 bits per heavy atom. The molecule has 0 radical (unpaired) electrons. The van der Waals surface area contributed by atoms with Gasteiger partial charge in [-0.1, -0.05) is 0 Å². The second kappa shape index (κ2) is 8.64. The van der Waals surface area contributed by atoms with E-state index in [9.17, 15) is 0 Å². The molecule has 2 unspecified atom stereocenters. The van der Waals surface area contributed by atoms with Gasteiger partial charge in [0.2, 0.25) is 0 Å². The van der Waals surface area contributed by atoms with Crippen molar-refractivity contribution in [2.24, 2.45) is 11.8 Å². The smallest absolute Gasteiger partial charge is 1.00 e. The van der Waals surface area contributed by atoms with Gasteiger partial charge >= 0.3 is 133 Å². The van der Waals surface area contributed by atoms with E-state index in [2.05, 4.69) is 66.8 Å². The maximum absolute atomic E-state index is 2.58. The minimum Gasteiger partial charge on any atom is -1.00 e. The van der Waals surface area contributed by atoms with Crippen molar-refractivity contribution in [3.63, 3.8) is 0 Å². The first-order valence-corrected chi connectivity index (χ1v) is 19.2. The Morgan fingerprint density at radius 2 is 1.09 bits per heavy atom. The molecule has 0 saturated heterocycles. The van der Waals surface area contributed by atoms with Crippen LogP contribution in [0, 0.1) is 11.8 Å². The maximum atomic E-state index is 2.58. The van der Waals surface area contributed by atoms with Gasteiger partial charge in [-0.2, -0.15) is 0 Å². The van der Waals surface area contributed by atoms with Crippen molar-refractivity contribution in [1.82, 2.24) is 0 Å². The van der Waals surface area contributed by atoms with Crippen LogP contribution in [-0.4, -0.2) is 5.49 Å². The van der Waals surface area contributed by atoms with Crippen LogP contribution in [0.1, 0.15) is 41.5 Å². The van der Waals surface area contributed by atoms with Gasteiger partial charge in [-0.3, -0.25) is 0 Å². The van der Waals surface area contributed by atoms with Gasteiger partial charge in [-0.15, -0.1) is 0 Å². The molecule has 0 aromatic rings. The van der Waals surface area contributed by atoms with Crippen LogP contribution in [0.4, 0.5) is 0 Å². The molecule has 0 N–H and O–H groups in total. The Labute approximate surface area is 157 Å². The summed E-state index contributed by atoms with van der Waals surface area (Å²) < 4.78 is 3.85. The van der Waals surface area contributed by atoms with Crippen molar-refractivity contribution in [2.75, 3.05) is 0 Å². The molecular weight excluding hydrogens is 494 g/mol. The zero-order valence-corrected chi connectivity index (χ0v) is 21.2. The van der Waals surface area contributed by atoms with Crippen molar-refractivity contribution < 1.29 is 44.9 Å². The molecular formula is C18H28Cl2HfSi. The Hall–Kier alpha value is 0.627. The summed E-state index contributed by atoms with van der Waals surface area (Å²) in [4.78, 5) is 0. The summed E-state index contributed by atoms with van der Waals surface area (Å²) in [6.45, 7) is 19.4. The molecule has 0 nitrogen and oxygen atoms in total. The number of allylic oxidation sites excluding steroid dienone is 8. The standard InChI is InChI=1S/2C8H11.C2H6Si.2ClH.Hf/c2*1-6-4-7(2)8(3)5-6;1-3-2;;;/h2*4,6H,1-3H3;1-2H3;2*1H;/q;;;;;+2/p-2. The zero-order chi connectivity index (χ0) is 15.2. The molecule has 0 heterocycles. The van der Waals surface area contributed by atoms with Gasteiger partial charge in [0, 0.05) is 0 Å². The molecule has 0 aliphatic heterocycles.